The Labute approximate surface area is 95.0 Å². The molecule has 0 rings (SSSR count). The molecule has 76 valence electrons. The van der Waals surface area contributed by atoms with Gasteiger partial charge in [0.15, 0.2) is 0 Å². The fraction of sp³-hybridized carbons (Fsp3) is 1.00. The van der Waals surface area contributed by atoms with Crippen molar-refractivity contribution < 1.29 is 37.8 Å². The molecule has 0 unspecified atom stereocenters. The number of nitrogens with two attached hydrogens (primary N) is 1. The Balaban J connectivity index is 0. The number of rotatable bonds is 4. The molecule has 0 aromatic carbocycles. The molecule has 0 saturated carbocycles. The summed E-state index contributed by atoms with van der Waals surface area (Å²) in [5, 5.41) is 0. The van der Waals surface area contributed by atoms with E-state index >= 15 is 0 Å². The monoisotopic (exact) mass is 247 g/mol. The predicted octanol–water partition coefficient (Wildman–Crippen LogP) is -2.20. The van der Waals surface area contributed by atoms with Gasteiger partial charge in [-0.1, -0.05) is 0 Å². The Hall–Kier alpha value is 1.18. The molecule has 0 fully saturated rings. The van der Waals surface area contributed by atoms with Gasteiger partial charge in [0.2, 0.25) is 6.41 Å². The summed E-state index contributed by atoms with van der Waals surface area (Å²) in [4.78, 5) is 32.2. The van der Waals surface area contributed by atoms with Crippen LogP contribution in [0.5, 0.6) is 0 Å². The zero-order chi connectivity index (χ0) is 9.99. The molecule has 0 bridgehead atoms. The second kappa shape index (κ2) is 5.92. The van der Waals surface area contributed by atoms with E-state index in [2.05, 4.69) is 14.8 Å². The van der Waals surface area contributed by atoms with E-state index in [9.17, 15) is 9.13 Å². The standard InChI is InChI=1S/CH7NO8P2.Na.H/c2-1(9-11(3,4)5)10-12(6,7)8;;/h1H,2H2,(H2,3,4,5)(H2,6,7,8);;. The molecule has 0 radical (unpaired) electrons. The fourth-order valence-corrected chi connectivity index (χ4v) is 0.985. The Morgan fingerprint density at radius 3 is 1.38 bits per heavy atom. The zero-order valence-electron chi connectivity index (χ0n) is 5.47. The van der Waals surface area contributed by atoms with Crippen LogP contribution < -0.4 is 5.73 Å². The van der Waals surface area contributed by atoms with Crippen molar-refractivity contribution in [1.82, 2.24) is 0 Å². The van der Waals surface area contributed by atoms with Gasteiger partial charge in [-0.25, -0.2) is 18.2 Å². The van der Waals surface area contributed by atoms with Gasteiger partial charge in [-0.2, -0.15) is 0 Å². The van der Waals surface area contributed by atoms with Crippen molar-refractivity contribution >= 4 is 45.2 Å². The van der Waals surface area contributed by atoms with E-state index in [1.165, 1.54) is 0 Å². The molecular formula is CH8NNaO8P2. The van der Waals surface area contributed by atoms with Crippen LogP contribution in [-0.2, 0) is 18.2 Å². The maximum atomic E-state index is 9.99. The summed E-state index contributed by atoms with van der Waals surface area (Å²) in [5.41, 5.74) is 4.62. The molecule has 13 heavy (non-hydrogen) atoms. The maximum absolute atomic E-state index is 9.99. The summed E-state index contributed by atoms with van der Waals surface area (Å²) in [5.74, 6) is 0. The molecule has 12 heteroatoms. The van der Waals surface area contributed by atoms with Crippen molar-refractivity contribution in [2.24, 2.45) is 5.73 Å². The second-order valence-corrected chi connectivity index (χ2v) is 3.94. The number of phosphoric ester groups is 2. The van der Waals surface area contributed by atoms with E-state index < -0.39 is 22.1 Å². The van der Waals surface area contributed by atoms with Gasteiger partial charge in [0.25, 0.3) is 0 Å². The van der Waals surface area contributed by atoms with Crippen LogP contribution in [0, 0.1) is 0 Å². The van der Waals surface area contributed by atoms with Crippen LogP contribution in [-0.4, -0.2) is 55.5 Å². The van der Waals surface area contributed by atoms with Crippen molar-refractivity contribution in [3.05, 3.63) is 0 Å². The van der Waals surface area contributed by atoms with Crippen LogP contribution in [0.25, 0.3) is 0 Å². The minimum absolute atomic E-state index is 0. The Morgan fingerprint density at radius 1 is 1.00 bits per heavy atom. The van der Waals surface area contributed by atoms with Crippen molar-refractivity contribution in [3.8, 4) is 0 Å². The SMILES string of the molecule is NC(OP(=O)(O)O)OP(=O)(O)O.[NaH]. The Morgan fingerprint density at radius 2 is 1.23 bits per heavy atom. The number of phosphoric acid groups is 2. The quantitative estimate of drug-likeness (QED) is 0.211. The van der Waals surface area contributed by atoms with Gasteiger partial charge in [0, 0.05) is 0 Å². The zero-order valence-corrected chi connectivity index (χ0v) is 7.26. The van der Waals surface area contributed by atoms with Gasteiger partial charge in [0.1, 0.15) is 0 Å². The average molecular weight is 247 g/mol. The van der Waals surface area contributed by atoms with Crippen LogP contribution in [0.1, 0.15) is 0 Å². The summed E-state index contributed by atoms with van der Waals surface area (Å²) < 4.78 is 27.1. The topological polar surface area (TPSA) is 160 Å². The summed E-state index contributed by atoms with van der Waals surface area (Å²) in [7, 11) is -9.80. The third kappa shape index (κ3) is 13.2. The summed E-state index contributed by atoms with van der Waals surface area (Å²) >= 11 is 0. The van der Waals surface area contributed by atoms with Gasteiger partial charge in [-0.3, -0.25) is 5.73 Å². The third-order valence-electron chi connectivity index (χ3n) is 0.482. The van der Waals surface area contributed by atoms with Gasteiger partial charge in [-0.05, 0) is 0 Å². The van der Waals surface area contributed by atoms with Crippen LogP contribution >= 0.6 is 15.6 Å². The second-order valence-electron chi connectivity index (χ2n) is 1.56. The summed E-state index contributed by atoms with van der Waals surface area (Å²) in [6, 6.07) is 0. The summed E-state index contributed by atoms with van der Waals surface area (Å²) in [6.45, 7) is 0. The number of hydrogen-bond donors (Lipinski definition) is 5. The molecular weight excluding hydrogens is 239 g/mol. The Kier molecular flexibility index (Phi) is 7.56. The van der Waals surface area contributed by atoms with E-state index in [1.807, 2.05) is 0 Å². The molecule has 6 N–H and O–H groups in total. The van der Waals surface area contributed by atoms with E-state index in [1.54, 1.807) is 0 Å². The molecule has 0 atom stereocenters. The van der Waals surface area contributed by atoms with Crippen LogP contribution in [0.15, 0.2) is 0 Å². The molecule has 0 amide bonds. The molecule has 0 aliphatic rings. The minimum atomic E-state index is -4.90. The average Bonchev–Trinajstić information content (AvgIpc) is 1.49. The van der Waals surface area contributed by atoms with Crippen molar-refractivity contribution in [2.45, 2.75) is 6.41 Å². The van der Waals surface area contributed by atoms with Crippen molar-refractivity contribution in [3.63, 3.8) is 0 Å². The summed E-state index contributed by atoms with van der Waals surface area (Å²) in [6.07, 6.45) is -2.17. The van der Waals surface area contributed by atoms with Gasteiger partial charge in [-0.15, -0.1) is 0 Å². The normalized spacial score (nSPS) is 12.8. The van der Waals surface area contributed by atoms with Gasteiger partial charge < -0.3 is 19.6 Å². The number of hydrogen-bond acceptors (Lipinski definition) is 5. The van der Waals surface area contributed by atoms with E-state index in [4.69, 9.17) is 19.6 Å². The first-order valence-corrected chi connectivity index (χ1v) is 5.40. The van der Waals surface area contributed by atoms with Crippen molar-refractivity contribution in [2.75, 3.05) is 0 Å². The third-order valence-corrected chi connectivity index (χ3v) is 1.45. The van der Waals surface area contributed by atoms with Crippen LogP contribution in [0.3, 0.4) is 0 Å². The van der Waals surface area contributed by atoms with E-state index in [-0.39, 0.29) is 29.6 Å². The molecule has 0 aromatic rings. The fourth-order valence-electron chi connectivity index (χ4n) is 0.290. The van der Waals surface area contributed by atoms with Gasteiger partial charge in [0.05, 0.1) is 0 Å². The first kappa shape index (κ1) is 16.6. The molecule has 0 aromatic heterocycles. The van der Waals surface area contributed by atoms with Crippen LogP contribution in [0.4, 0.5) is 0 Å². The first-order chi connectivity index (χ1) is 5.10. The first-order valence-electron chi connectivity index (χ1n) is 2.34. The molecule has 0 spiro atoms. The molecule has 0 heterocycles. The van der Waals surface area contributed by atoms with E-state index in [0.29, 0.717) is 0 Å². The van der Waals surface area contributed by atoms with E-state index in [0.717, 1.165) is 0 Å². The van der Waals surface area contributed by atoms with Crippen molar-refractivity contribution in [1.29, 1.82) is 0 Å². The molecule has 9 nitrogen and oxygen atoms in total. The predicted molar refractivity (Wildman–Crippen MR) is 41.4 cm³/mol. The Bertz CT molecular complexity index is 206. The van der Waals surface area contributed by atoms with Gasteiger partial charge >= 0.3 is 45.2 Å². The molecule has 0 saturated heterocycles. The molecule has 0 aliphatic heterocycles. The molecule has 0 aliphatic carbocycles. The van der Waals surface area contributed by atoms with Crippen LogP contribution in [0.2, 0.25) is 0 Å².